The van der Waals surface area contributed by atoms with Crippen LogP contribution >= 0.6 is 34.0 Å². The molecule has 7 heavy (non-hydrogen) atoms. The minimum absolute atomic E-state index is 0. The van der Waals surface area contributed by atoms with E-state index in [-0.39, 0.29) is 61.3 Å². The van der Waals surface area contributed by atoms with Crippen molar-refractivity contribution >= 4 is 34.0 Å². The molecule has 0 aromatic heterocycles. The zero-order valence-electron chi connectivity index (χ0n) is 3.32. The van der Waals surface area contributed by atoms with E-state index in [2.05, 4.69) is 0 Å². The highest BCUT2D eigenvalue weighted by Gasteiger charge is -0.113. The molecule has 0 aliphatic rings. The van der Waals surface area contributed by atoms with E-state index in [0.29, 0.717) is 0 Å². The lowest BCUT2D eigenvalue weighted by molar-refractivity contribution is 0.823. The number of rotatable bonds is 0. The molecule has 0 radical (unpaired) electrons. The summed E-state index contributed by atoms with van der Waals surface area (Å²) >= 11 is 0. The van der Waals surface area contributed by atoms with E-state index in [0.717, 1.165) is 0 Å². The Hall–Kier alpha value is 0.760. The standard InChI is InChI=1S/2BrH.5H2O/h2*1H;5*1H2. The van der Waals surface area contributed by atoms with Crippen LogP contribution < -0.4 is 0 Å². The fourth-order valence-corrected chi connectivity index (χ4v) is 0. The summed E-state index contributed by atoms with van der Waals surface area (Å²) in [4.78, 5) is 0. The first kappa shape index (κ1) is 614. The zero-order valence-corrected chi connectivity index (χ0v) is 6.74. The van der Waals surface area contributed by atoms with Crippen LogP contribution in [0.25, 0.3) is 0 Å². The first-order valence-electron chi connectivity index (χ1n) is 0. The van der Waals surface area contributed by atoms with Crippen LogP contribution in [0.3, 0.4) is 0 Å². The second-order valence-corrected chi connectivity index (χ2v) is 0. The summed E-state index contributed by atoms with van der Waals surface area (Å²) < 4.78 is 0. The van der Waals surface area contributed by atoms with Gasteiger partial charge in [-0.25, -0.2) is 0 Å². The van der Waals surface area contributed by atoms with Gasteiger partial charge in [-0.1, -0.05) is 0 Å². The summed E-state index contributed by atoms with van der Waals surface area (Å²) in [5.41, 5.74) is 0. The van der Waals surface area contributed by atoms with Crippen LogP contribution in [-0.4, -0.2) is 27.4 Å². The van der Waals surface area contributed by atoms with Crippen LogP contribution in [0.5, 0.6) is 0 Å². The molecule has 0 bridgehead atoms. The maximum absolute atomic E-state index is 0. The Labute approximate surface area is 61.8 Å². The summed E-state index contributed by atoms with van der Waals surface area (Å²) in [7, 11) is 0. The Morgan fingerprint density at radius 1 is 0.286 bits per heavy atom. The molecule has 0 rings (SSSR count). The molecule has 0 aromatic rings. The second-order valence-electron chi connectivity index (χ2n) is 0. The SMILES string of the molecule is Br.Br.O.O.O.O.O. The third kappa shape index (κ3) is 265. The third-order valence-corrected chi connectivity index (χ3v) is 0. The van der Waals surface area contributed by atoms with Crippen LogP contribution in [0.1, 0.15) is 0 Å². The number of halogens is 2. The summed E-state index contributed by atoms with van der Waals surface area (Å²) in [6.07, 6.45) is 0. The van der Waals surface area contributed by atoms with Crippen molar-refractivity contribution in [2.75, 3.05) is 0 Å². The molecule has 0 saturated heterocycles. The van der Waals surface area contributed by atoms with Gasteiger partial charge in [-0.2, -0.15) is 0 Å². The van der Waals surface area contributed by atoms with E-state index in [9.17, 15) is 0 Å². The van der Waals surface area contributed by atoms with Gasteiger partial charge in [0, 0.05) is 0 Å². The Morgan fingerprint density at radius 3 is 0.286 bits per heavy atom. The maximum atomic E-state index is 0. The largest absolute Gasteiger partial charge is 0.412 e. The first-order valence-corrected chi connectivity index (χ1v) is 0. The van der Waals surface area contributed by atoms with Crippen LogP contribution in [-0.2, 0) is 0 Å². The molecule has 0 atom stereocenters. The molecular formula is H12Br2O5. The first-order chi connectivity index (χ1) is 0. The summed E-state index contributed by atoms with van der Waals surface area (Å²) in [6.45, 7) is 0. The van der Waals surface area contributed by atoms with Gasteiger partial charge in [-0.05, 0) is 0 Å². The fraction of sp³-hybridized carbons (Fsp3) is 0. The van der Waals surface area contributed by atoms with Crippen molar-refractivity contribution in [1.29, 1.82) is 0 Å². The summed E-state index contributed by atoms with van der Waals surface area (Å²) in [6, 6.07) is 0. The lowest BCUT2D eigenvalue weighted by Crippen LogP contribution is -0.290. The molecule has 56 valence electrons. The van der Waals surface area contributed by atoms with Crippen LogP contribution in [0.4, 0.5) is 0 Å². The predicted molar refractivity (Wildman–Crippen MR) is 38.7 cm³/mol. The van der Waals surface area contributed by atoms with Crippen molar-refractivity contribution in [3.05, 3.63) is 0 Å². The number of hydrogen-bond donors (Lipinski definition) is 0. The maximum Gasteiger partial charge on any atom is -0.114 e. The van der Waals surface area contributed by atoms with E-state index in [4.69, 9.17) is 0 Å². The van der Waals surface area contributed by atoms with E-state index in [1.165, 1.54) is 0 Å². The molecular weight excluding hydrogens is 240 g/mol. The molecule has 0 saturated carbocycles. The van der Waals surface area contributed by atoms with Gasteiger partial charge in [0.25, 0.3) is 0 Å². The molecule has 0 unspecified atom stereocenters. The fourth-order valence-electron chi connectivity index (χ4n) is 0. The monoisotopic (exact) mass is 250 g/mol. The average Bonchev–Trinajstić information content (AvgIpc) is 0. The van der Waals surface area contributed by atoms with Crippen molar-refractivity contribution in [2.45, 2.75) is 0 Å². The smallest absolute Gasteiger partial charge is 0.114 e. The summed E-state index contributed by atoms with van der Waals surface area (Å²) in [5, 5.41) is 0. The highest BCUT2D eigenvalue weighted by atomic mass is 79.9. The van der Waals surface area contributed by atoms with Crippen LogP contribution in [0.2, 0.25) is 0 Å². The van der Waals surface area contributed by atoms with Crippen LogP contribution in [0, 0.1) is 0 Å². The predicted octanol–water partition coefficient (Wildman–Crippen LogP) is -2.97. The molecule has 0 amide bonds. The van der Waals surface area contributed by atoms with Gasteiger partial charge in [-0.3, -0.25) is 0 Å². The topological polar surface area (TPSA) is 158 Å². The molecule has 0 aromatic carbocycles. The van der Waals surface area contributed by atoms with Gasteiger partial charge < -0.3 is 27.4 Å². The van der Waals surface area contributed by atoms with Crippen molar-refractivity contribution in [1.82, 2.24) is 0 Å². The van der Waals surface area contributed by atoms with Crippen molar-refractivity contribution < 1.29 is 27.4 Å². The Balaban J connectivity index is 0. The molecule has 0 fully saturated rings. The van der Waals surface area contributed by atoms with Gasteiger partial charge >= 0.3 is 0 Å². The quantitative estimate of drug-likeness (QED) is 0.431. The van der Waals surface area contributed by atoms with E-state index < -0.39 is 0 Å². The molecule has 0 heterocycles. The molecule has 0 spiro atoms. The van der Waals surface area contributed by atoms with Crippen LogP contribution in [0.15, 0.2) is 0 Å². The van der Waals surface area contributed by atoms with E-state index in [1.807, 2.05) is 0 Å². The lowest BCUT2D eigenvalue weighted by atomic mass is 16.0. The molecule has 5 nitrogen and oxygen atoms in total. The normalized spacial score (nSPS) is 0. The van der Waals surface area contributed by atoms with Crippen molar-refractivity contribution in [2.24, 2.45) is 0 Å². The van der Waals surface area contributed by atoms with Gasteiger partial charge in [0.1, 0.15) is 0 Å². The lowest BCUT2D eigenvalue weighted by Gasteiger charge is -0.413. The Morgan fingerprint density at radius 2 is 0.286 bits per heavy atom. The highest BCUT2D eigenvalue weighted by Crippen LogP contribution is 0.847. The van der Waals surface area contributed by atoms with E-state index in [1.54, 1.807) is 0 Å². The van der Waals surface area contributed by atoms with Crippen molar-refractivity contribution in [3.8, 4) is 0 Å². The third-order valence-electron chi connectivity index (χ3n) is 0. The minimum atomic E-state index is 0. The molecule has 0 aliphatic carbocycles. The second kappa shape index (κ2) is 388. The van der Waals surface area contributed by atoms with Gasteiger partial charge in [-0.15, -0.1) is 34.0 Å². The number of hydrogen-bond acceptors (Lipinski definition) is 0. The van der Waals surface area contributed by atoms with Gasteiger partial charge in [0.15, 0.2) is 0 Å². The van der Waals surface area contributed by atoms with Gasteiger partial charge in [0.2, 0.25) is 0 Å². The molecule has 10 N–H and O–H groups in total. The van der Waals surface area contributed by atoms with Crippen molar-refractivity contribution in [3.63, 3.8) is 0 Å². The Kier molecular flexibility index (Phi) is 34100. The summed E-state index contributed by atoms with van der Waals surface area (Å²) in [5.74, 6) is 0. The van der Waals surface area contributed by atoms with E-state index >= 15 is 0 Å². The highest BCUT2D eigenvalue weighted by molar-refractivity contribution is 8.93. The average molecular weight is 252 g/mol. The zero-order chi connectivity index (χ0) is 0. The Bertz CT molecular complexity index is 6.04. The minimum Gasteiger partial charge on any atom is -0.412 e. The molecule has 7 heteroatoms. The molecule has 0 aliphatic heterocycles. The van der Waals surface area contributed by atoms with Gasteiger partial charge in [0.05, 0.1) is 0 Å².